The van der Waals surface area contributed by atoms with Crippen LogP contribution in [0.25, 0.3) is 0 Å². The lowest BCUT2D eigenvalue weighted by molar-refractivity contribution is 0.0592. The van der Waals surface area contributed by atoms with Crippen molar-refractivity contribution in [3.63, 3.8) is 0 Å². The van der Waals surface area contributed by atoms with Crippen molar-refractivity contribution in [3.05, 3.63) is 23.2 Å². The van der Waals surface area contributed by atoms with Crippen molar-refractivity contribution < 1.29 is 13.9 Å². The van der Waals surface area contributed by atoms with Gasteiger partial charge in [0.2, 0.25) is 11.8 Å². The van der Waals surface area contributed by atoms with Gasteiger partial charge in [-0.15, -0.1) is 15.3 Å². The van der Waals surface area contributed by atoms with Crippen LogP contribution in [0.1, 0.15) is 48.2 Å². The molecule has 0 bridgehead atoms. The first-order valence-corrected chi connectivity index (χ1v) is 6.51. The van der Waals surface area contributed by atoms with Crippen LogP contribution < -0.4 is 0 Å². The van der Waals surface area contributed by atoms with Gasteiger partial charge in [-0.1, -0.05) is 25.5 Å². The zero-order valence-corrected chi connectivity index (χ0v) is 11.8. The molecule has 0 aliphatic heterocycles. The quantitative estimate of drug-likeness (QED) is 0.728. The number of hydrogen-bond acceptors (Lipinski definition) is 7. The molecule has 8 nitrogen and oxygen atoms in total. The fourth-order valence-electron chi connectivity index (χ4n) is 1.82. The van der Waals surface area contributed by atoms with Gasteiger partial charge in [0.05, 0.1) is 12.8 Å². The minimum Gasteiger partial charge on any atom is -0.464 e. The molecule has 2 heterocycles. The maximum absolute atomic E-state index is 11.6. The van der Waals surface area contributed by atoms with Crippen molar-refractivity contribution in [3.8, 4) is 0 Å². The van der Waals surface area contributed by atoms with Gasteiger partial charge in [-0.3, -0.25) is 0 Å². The third kappa shape index (κ3) is 2.84. The van der Waals surface area contributed by atoms with E-state index in [1.54, 1.807) is 4.68 Å². The van der Waals surface area contributed by atoms with Gasteiger partial charge >= 0.3 is 5.97 Å². The largest absolute Gasteiger partial charge is 0.464 e. The van der Waals surface area contributed by atoms with Crippen LogP contribution >= 0.6 is 0 Å². The Bertz CT molecular complexity index is 590. The van der Waals surface area contributed by atoms with E-state index in [0.29, 0.717) is 31.2 Å². The smallest absolute Gasteiger partial charge is 0.360 e. The first-order chi connectivity index (χ1) is 9.69. The Morgan fingerprint density at radius 1 is 1.25 bits per heavy atom. The molecule has 0 fully saturated rings. The zero-order chi connectivity index (χ0) is 14.5. The number of aromatic nitrogens is 5. The van der Waals surface area contributed by atoms with Gasteiger partial charge in [-0.05, 0) is 6.42 Å². The number of carbonyl (C=O) groups excluding carboxylic acids is 1. The standard InChI is InChI=1S/C12H17N5O3/c1-4-6-8-11(12(18)19-3)15-16-17(8)7-10-14-13-9(5-2)20-10/h4-7H2,1-3H3. The molecular weight excluding hydrogens is 262 g/mol. The van der Waals surface area contributed by atoms with Crippen molar-refractivity contribution in [2.45, 2.75) is 39.7 Å². The fraction of sp³-hybridized carbons (Fsp3) is 0.583. The highest BCUT2D eigenvalue weighted by Crippen LogP contribution is 2.12. The molecule has 0 aliphatic rings. The van der Waals surface area contributed by atoms with E-state index >= 15 is 0 Å². The van der Waals surface area contributed by atoms with Crippen molar-refractivity contribution in [1.29, 1.82) is 0 Å². The van der Waals surface area contributed by atoms with E-state index in [1.807, 2.05) is 13.8 Å². The number of nitrogens with zero attached hydrogens (tertiary/aromatic N) is 5. The molecule has 2 aromatic heterocycles. The minimum atomic E-state index is -0.487. The monoisotopic (exact) mass is 279 g/mol. The highest BCUT2D eigenvalue weighted by atomic mass is 16.5. The summed E-state index contributed by atoms with van der Waals surface area (Å²) < 4.78 is 11.7. The normalized spacial score (nSPS) is 10.8. The molecule has 2 aromatic rings. The summed E-state index contributed by atoms with van der Waals surface area (Å²) in [6.45, 7) is 4.25. The highest BCUT2D eigenvalue weighted by molar-refractivity contribution is 5.88. The summed E-state index contributed by atoms with van der Waals surface area (Å²) in [6.07, 6.45) is 2.22. The summed E-state index contributed by atoms with van der Waals surface area (Å²) in [4.78, 5) is 11.6. The van der Waals surface area contributed by atoms with Crippen LogP contribution in [0.15, 0.2) is 4.42 Å². The second-order valence-electron chi connectivity index (χ2n) is 4.23. The zero-order valence-electron chi connectivity index (χ0n) is 11.8. The summed E-state index contributed by atoms with van der Waals surface area (Å²) in [7, 11) is 1.32. The lowest BCUT2D eigenvalue weighted by Crippen LogP contribution is -2.10. The molecular formula is C12H17N5O3. The molecule has 8 heteroatoms. The molecule has 0 radical (unpaired) electrons. The topological polar surface area (TPSA) is 95.9 Å². The maximum atomic E-state index is 11.6. The van der Waals surface area contributed by atoms with Gasteiger partial charge in [-0.25, -0.2) is 9.48 Å². The molecule has 0 spiro atoms. The Balaban J connectivity index is 2.26. The lowest BCUT2D eigenvalue weighted by atomic mass is 10.2. The van der Waals surface area contributed by atoms with Crippen LogP contribution in [0, 0.1) is 0 Å². The van der Waals surface area contributed by atoms with E-state index in [1.165, 1.54) is 7.11 Å². The van der Waals surface area contributed by atoms with Crippen molar-refractivity contribution in [2.24, 2.45) is 0 Å². The van der Waals surface area contributed by atoms with Crippen LogP contribution in [0.3, 0.4) is 0 Å². The van der Waals surface area contributed by atoms with E-state index in [9.17, 15) is 4.79 Å². The number of carbonyl (C=O) groups is 1. The Morgan fingerprint density at radius 3 is 2.60 bits per heavy atom. The van der Waals surface area contributed by atoms with E-state index in [0.717, 1.165) is 12.1 Å². The summed E-state index contributed by atoms with van der Waals surface area (Å²) in [5, 5.41) is 15.7. The highest BCUT2D eigenvalue weighted by Gasteiger charge is 2.20. The van der Waals surface area contributed by atoms with Gasteiger partial charge in [-0.2, -0.15) is 0 Å². The molecule has 0 saturated heterocycles. The Kier molecular flexibility index (Phi) is 4.44. The van der Waals surface area contributed by atoms with E-state index in [-0.39, 0.29) is 5.69 Å². The Labute approximate surface area is 116 Å². The second kappa shape index (κ2) is 6.27. The van der Waals surface area contributed by atoms with Crippen LogP contribution in [0.5, 0.6) is 0 Å². The predicted octanol–water partition coefficient (Wildman–Crippen LogP) is 1.01. The first-order valence-electron chi connectivity index (χ1n) is 6.51. The van der Waals surface area contributed by atoms with Crippen molar-refractivity contribution in [2.75, 3.05) is 7.11 Å². The summed E-state index contributed by atoms with van der Waals surface area (Å²) in [5.74, 6) is 0.533. The molecule has 0 atom stereocenters. The molecule has 2 rings (SSSR count). The molecule has 0 amide bonds. The van der Waals surface area contributed by atoms with Gasteiger partial charge in [0.1, 0.15) is 6.54 Å². The number of aryl methyl sites for hydroxylation is 1. The summed E-state index contributed by atoms with van der Waals surface area (Å²) in [6, 6.07) is 0. The molecule has 0 saturated carbocycles. The van der Waals surface area contributed by atoms with Crippen molar-refractivity contribution in [1.82, 2.24) is 25.2 Å². The molecule has 0 unspecified atom stereocenters. The van der Waals surface area contributed by atoms with Crippen LogP contribution in [-0.4, -0.2) is 38.3 Å². The van der Waals surface area contributed by atoms with Gasteiger partial charge < -0.3 is 9.15 Å². The van der Waals surface area contributed by atoms with Gasteiger partial charge in [0, 0.05) is 6.42 Å². The maximum Gasteiger partial charge on any atom is 0.360 e. The predicted molar refractivity (Wildman–Crippen MR) is 68.1 cm³/mol. The third-order valence-electron chi connectivity index (χ3n) is 2.80. The Hall–Kier alpha value is -2.25. The number of rotatable bonds is 6. The lowest BCUT2D eigenvalue weighted by Gasteiger charge is -2.03. The molecule has 0 aromatic carbocycles. The number of hydrogen-bond donors (Lipinski definition) is 0. The van der Waals surface area contributed by atoms with Gasteiger partial charge in [0.15, 0.2) is 5.69 Å². The van der Waals surface area contributed by atoms with Crippen LogP contribution in [0.2, 0.25) is 0 Å². The molecule has 108 valence electrons. The average molecular weight is 279 g/mol. The average Bonchev–Trinajstić information content (AvgIpc) is 3.07. The fourth-order valence-corrected chi connectivity index (χ4v) is 1.82. The summed E-state index contributed by atoms with van der Waals surface area (Å²) in [5.41, 5.74) is 0.958. The number of methoxy groups -OCH3 is 1. The third-order valence-corrected chi connectivity index (χ3v) is 2.80. The molecule has 20 heavy (non-hydrogen) atoms. The van der Waals surface area contributed by atoms with Gasteiger partial charge in [0.25, 0.3) is 0 Å². The number of ether oxygens (including phenoxy) is 1. The molecule has 0 aliphatic carbocycles. The molecule has 0 N–H and O–H groups in total. The van der Waals surface area contributed by atoms with E-state index < -0.39 is 5.97 Å². The Morgan fingerprint density at radius 2 is 2.00 bits per heavy atom. The second-order valence-corrected chi connectivity index (χ2v) is 4.23. The first kappa shape index (κ1) is 14.2. The van der Waals surface area contributed by atoms with Crippen molar-refractivity contribution >= 4 is 5.97 Å². The van der Waals surface area contributed by atoms with Crippen LogP contribution in [-0.2, 0) is 24.1 Å². The van der Waals surface area contributed by atoms with Crippen LogP contribution in [0.4, 0.5) is 0 Å². The van der Waals surface area contributed by atoms with E-state index in [4.69, 9.17) is 9.15 Å². The van der Waals surface area contributed by atoms with E-state index in [2.05, 4.69) is 20.5 Å². The minimum absolute atomic E-state index is 0.240. The summed E-state index contributed by atoms with van der Waals surface area (Å²) >= 11 is 0. The SMILES string of the molecule is CCCc1c(C(=O)OC)nnn1Cc1nnc(CC)o1. The number of esters is 1.